The van der Waals surface area contributed by atoms with Crippen LogP contribution in [0.1, 0.15) is 25.3 Å². The van der Waals surface area contributed by atoms with Crippen molar-refractivity contribution in [2.45, 2.75) is 26.3 Å². The van der Waals surface area contributed by atoms with E-state index in [1.807, 2.05) is 12.4 Å². The summed E-state index contributed by atoms with van der Waals surface area (Å²) in [6.07, 6.45) is 6.35. The van der Waals surface area contributed by atoms with Crippen LogP contribution in [0.25, 0.3) is 11.3 Å². The molecule has 2 aliphatic rings. The lowest BCUT2D eigenvalue weighted by molar-refractivity contribution is 0.132. The molecule has 2 aromatic rings. The van der Waals surface area contributed by atoms with Crippen molar-refractivity contribution in [3.05, 3.63) is 42.2 Å². The van der Waals surface area contributed by atoms with E-state index in [1.54, 1.807) is 0 Å². The minimum atomic E-state index is 0.955. The summed E-state index contributed by atoms with van der Waals surface area (Å²) in [5.41, 5.74) is 3.47. The molecule has 0 aliphatic carbocycles. The minimum Gasteiger partial charge on any atom is -0.355 e. The van der Waals surface area contributed by atoms with Crippen LogP contribution in [0.15, 0.2) is 36.7 Å². The molecule has 4 rings (SSSR count). The predicted octanol–water partition coefficient (Wildman–Crippen LogP) is 2.88. The molecule has 138 valence electrons. The topological polar surface area (TPSA) is 35.5 Å². The fraction of sp³-hybridized carbons (Fsp3) is 0.524. The van der Waals surface area contributed by atoms with Crippen LogP contribution >= 0.6 is 0 Å². The number of rotatable bonds is 5. The number of nitrogens with zero attached hydrogens (tertiary/aromatic N) is 5. The summed E-state index contributed by atoms with van der Waals surface area (Å²) >= 11 is 0. The zero-order valence-electron chi connectivity index (χ0n) is 15.8. The Labute approximate surface area is 156 Å². The van der Waals surface area contributed by atoms with Gasteiger partial charge >= 0.3 is 0 Å². The Hall–Kier alpha value is -1.98. The first kappa shape index (κ1) is 17.4. The van der Waals surface area contributed by atoms with E-state index in [9.17, 15) is 0 Å². The Bertz CT molecular complexity index is 683. The van der Waals surface area contributed by atoms with Crippen molar-refractivity contribution in [1.82, 2.24) is 19.8 Å². The second kappa shape index (κ2) is 8.14. The second-order valence-corrected chi connectivity index (χ2v) is 7.36. The van der Waals surface area contributed by atoms with Gasteiger partial charge in [0.05, 0.1) is 18.1 Å². The molecule has 1 aromatic carbocycles. The molecule has 5 heteroatoms. The normalized spacial score (nSPS) is 19.2. The third kappa shape index (κ3) is 4.05. The third-order valence-corrected chi connectivity index (χ3v) is 5.64. The quantitative estimate of drug-likeness (QED) is 0.828. The van der Waals surface area contributed by atoms with Crippen LogP contribution in [0.4, 0.5) is 5.82 Å². The molecular weight excluding hydrogens is 322 g/mol. The molecule has 2 fully saturated rings. The van der Waals surface area contributed by atoms with E-state index in [1.165, 1.54) is 51.1 Å². The van der Waals surface area contributed by atoms with Gasteiger partial charge < -0.3 is 9.80 Å². The van der Waals surface area contributed by atoms with Gasteiger partial charge in [0.2, 0.25) is 0 Å². The van der Waals surface area contributed by atoms with Crippen molar-refractivity contribution < 1.29 is 0 Å². The summed E-state index contributed by atoms with van der Waals surface area (Å²) < 4.78 is 0. The van der Waals surface area contributed by atoms with Gasteiger partial charge in [-0.15, -0.1) is 0 Å². The summed E-state index contributed by atoms with van der Waals surface area (Å²) in [7, 11) is 0. The van der Waals surface area contributed by atoms with Gasteiger partial charge in [-0.2, -0.15) is 0 Å². The van der Waals surface area contributed by atoms with E-state index >= 15 is 0 Å². The molecule has 0 bridgehead atoms. The summed E-state index contributed by atoms with van der Waals surface area (Å²) in [6, 6.07) is 8.82. The van der Waals surface area contributed by atoms with E-state index in [0.29, 0.717) is 0 Å². The fourth-order valence-electron chi connectivity index (χ4n) is 3.88. The van der Waals surface area contributed by atoms with Gasteiger partial charge in [0.15, 0.2) is 0 Å². The second-order valence-electron chi connectivity index (χ2n) is 7.36. The maximum absolute atomic E-state index is 4.64. The Kier molecular flexibility index (Phi) is 5.46. The Balaban J connectivity index is 1.36. The van der Waals surface area contributed by atoms with Gasteiger partial charge in [0.25, 0.3) is 0 Å². The summed E-state index contributed by atoms with van der Waals surface area (Å²) in [5.74, 6) is 1.01. The van der Waals surface area contributed by atoms with Crippen molar-refractivity contribution in [2.24, 2.45) is 0 Å². The van der Waals surface area contributed by atoms with Crippen molar-refractivity contribution in [1.29, 1.82) is 0 Å². The zero-order valence-corrected chi connectivity index (χ0v) is 15.8. The Morgan fingerprint density at radius 2 is 1.50 bits per heavy atom. The van der Waals surface area contributed by atoms with Gasteiger partial charge in [-0.1, -0.05) is 31.2 Å². The summed E-state index contributed by atoms with van der Waals surface area (Å²) in [6.45, 7) is 11.4. The molecule has 0 spiro atoms. The number of hydrogen-bond acceptors (Lipinski definition) is 5. The SMILES string of the molecule is CCN1CCN(Cc2ccc(-c3cnc(N4CCCC4)cn3)cc2)CC1. The fourth-order valence-corrected chi connectivity index (χ4v) is 3.88. The molecule has 0 N–H and O–H groups in total. The first-order valence-corrected chi connectivity index (χ1v) is 9.93. The molecule has 0 radical (unpaired) electrons. The number of anilines is 1. The molecule has 0 atom stereocenters. The van der Waals surface area contributed by atoms with Crippen molar-refractivity contribution in [2.75, 3.05) is 50.7 Å². The molecule has 3 heterocycles. The van der Waals surface area contributed by atoms with Crippen LogP contribution in [-0.4, -0.2) is 65.6 Å². The zero-order chi connectivity index (χ0) is 17.8. The predicted molar refractivity (Wildman–Crippen MR) is 106 cm³/mol. The molecule has 2 saturated heterocycles. The first-order valence-electron chi connectivity index (χ1n) is 9.93. The van der Waals surface area contributed by atoms with Crippen molar-refractivity contribution >= 4 is 5.82 Å². The largest absolute Gasteiger partial charge is 0.355 e. The van der Waals surface area contributed by atoms with Crippen LogP contribution in [0.3, 0.4) is 0 Å². The van der Waals surface area contributed by atoms with Gasteiger partial charge in [-0.25, -0.2) is 4.98 Å². The van der Waals surface area contributed by atoms with Gasteiger partial charge in [-0.3, -0.25) is 9.88 Å². The van der Waals surface area contributed by atoms with E-state index in [4.69, 9.17) is 0 Å². The van der Waals surface area contributed by atoms with Gasteiger partial charge in [-0.05, 0) is 24.9 Å². The highest BCUT2D eigenvalue weighted by Crippen LogP contribution is 2.21. The van der Waals surface area contributed by atoms with E-state index in [2.05, 4.69) is 55.9 Å². The van der Waals surface area contributed by atoms with E-state index in [0.717, 1.165) is 36.7 Å². The molecule has 1 aromatic heterocycles. The maximum Gasteiger partial charge on any atom is 0.147 e. The minimum absolute atomic E-state index is 0.955. The number of benzene rings is 1. The van der Waals surface area contributed by atoms with Crippen LogP contribution < -0.4 is 4.90 Å². The standard InChI is InChI=1S/C21H29N5/c1-2-24-11-13-25(14-12-24)17-18-5-7-19(8-6-18)20-15-23-21(16-22-20)26-9-3-4-10-26/h5-8,15-16H,2-4,9-14,17H2,1H3. The highest BCUT2D eigenvalue weighted by Gasteiger charge is 2.16. The lowest BCUT2D eigenvalue weighted by atomic mass is 10.1. The third-order valence-electron chi connectivity index (χ3n) is 5.64. The molecule has 26 heavy (non-hydrogen) atoms. The van der Waals surface area contributed by atoms with E-state index in [-0.39, 0.29) is 0 Å². The van der Waals surface area contributed by atoms with Gasteiger partial charge in [0.1, 0.15) is 5.82 Å². The molecule has 2 aliphatic heterocycles. The first-order chi connectivity index (χ1) is 12.8. The monoisotopic (exact) mass is 351 g/mol. The molecule has 0 amide bonds. The van der Waals surface area contributed by atoms with Crippen LogP contribution in [0, 0.1) is 0 Å². The lowest BCUT2D eigenvalue weighted by Gasteiger charge is -2.34. The van der Waals surface area contributed by atoms with Crippen LogP contribution in [0.2, 0.25) is 0 Å². The van der Waals surface area contributed by atoms with E-state index < -0.39 is 0 Å². The number of hydrogen-bond donors (Lipinski definition) is 0. The van der Waals surface area contributed by atoms with Crippen molar-refractivity contribution in [3.8, 4) is 11.3 Å². The number of aromatic nitrogens is 2. The Morgan fingerprint density at radius 1 is 0.808 bits per heavy atom. The average molecular weight is 351 g/mol. The van der Waals surface area contributed by atoms with Crippen molar-refractivity contribution in [3.63, 3.8) is 0 Å². The van der Waals surface area contributed by atoms with Crippen LogP contribution in [0.5, 0.6) is 0 Å². The highest BCUT2D eigenvalue weighted by atomic mass is 15.3. The number of likely N-dealkylation sites (N-methyl/N-ethyl adjacent to an activating group) is 1. The average Bonchev–Trinajstić information content (AvgIpc) is 3.24. The smallest absolute Gasteiger partial charge is 0.147 e. The maximum atomic E-state index is 4.64. The highest BCUT2D eigenvalue weighted by molar-refractivity contribution is 5.59. The Morgan fingerprint density at radius 3 is 2.12 bits per heavy atom. The summed E-state index contributed by atoms with van der Waals surface area (Å²) in [5, 5.41) is 0. The van der Waals surface area contributed by atoms with Gasteiger partial charge in [0, 0.05) is 51.4 Å². The molecule has 0 saturated carbocycles. The molecular formula is C21H29N5. The number of piperazine rings is 1. The molecule has 5 nitrogen and oxygen atoms in total. The van der Waals surface area contributed by atoms with Crippen LogP contribution in [-0.2, 0) is 6.54 Å². The lowest BCUT2D eigenvalue weighted by Crippen LogP contribution is -2.45. The molecule has 0 unspecified atom stereocenters. The summed E-state index contributed by atoms with van der Waals surface area (Å²) in [4.78, 5) is 16.6.